The summed E-state index contributed by atoms with van der Waals surface area (Å²) in [7, 11) is 0. The van der Waals surface area contributed by atoms with Crippen LogP contribution in [-0.2, 0) is 11.3 Å². The Kier molecular flexibility index (Phi) is 6.31. The standard InChI is InChI=1S/C22H23BrCl2N2O/c23-16-5-1-3-14(11-16)18-9-10-26-12-19(18)22(28)27(17-7-8-17)13-15-4-2-6-20(24)21(15)25/h1-6,11,17-19,26H,7-10,12-13H2/t18-,19+/m1/s1. The SMILES string of the molecule is O=C([C@H]1CNCC[C@@H]1c1cccc(Br)c1)N(Cc1cccc(Cl)c1Cl)C1CC1. The van der Waals surface area contributed by atoms with E-state index in [1.165, 1.54) is 5.56 Å². The first-order valence-electron chi connectivity index (χ1n) is 9.74. The molecule has 2 aromatic carbocycles. The highest BCUT2D eigenvalue weighted by Gasteiger charge is 2.40. The van der Waals surface area contributed by atoms with Crippen molar-refractivity contribution in [2.45, 2.75) is 37.8 Å². The van der Waals surface area contributed by atoms with Crippen LogP contribution in [0.15, 0.2) is 46.9 Å². The Morgan fingerprint density at radius 2 is 1.93 bits per heavy atom. The molecule has 6 heteroatoms. The summed E-state index contributed by atoms with van der Waals surface area (Å²) in [6, 6.07) is 14.3. The number of nitrogens with one attached hydrogen (secondary N) is 1. The van der Waals surface area contributed by atoms with E-state index in [9.17, 15) is 4.79 Å². The minimum atomic E-state index is -0.0680. The molecule has 2 aliphatic rings. The van der Waals surface area contributed by atoms with Crippen LogP contribution in [0.1, 0.15) is 36.3 Å². The molecule has 1 N–H and O–H groups in total. The van der Waals surface area contributed by atoms with Gasteiger partial charge in [0.15, 0.2) is 0 Å². The maximum atomic E-state index is 13.6. The van der Waals surface area contributed by atoms with E-state index in [-0.39, 0.29) is 17.7 Å². The number of nitrogens with zero attached hydrogens (tertiary/aromatic N) is 1. The smallest absolute Gasteiger partial charge is 0.228 e. The molecule has 1 aliphatic heterocycles. The fraction of sp³-hybridized carbons (Fsp3) is 0.409. The third-order valence-electron chi connectivity index (χ3n) is 5.72. The Balaban J connectivity index is 1.59. The maximum absolute atomic E-state index is 13.6. The summed E-state index contributed by atoms with van der Waals surface area (Å²) < 4.78 is 1.06. The second kappa shape index (κ2) is 8.74. The van der Waals surface area contributed by atoms with Gasteiger partial charge in [-0.3, -0.25) is 4.79 Å². The van der Waals surface area contributed by atoms with Gasteiger partial charge in [-0.05, 0) is 61.1 Å². The zero-order chi connectivity index (χ0) is 19.7. The molecule has 28 heavy (non-hydrogen) atoms. The van der Waals surface area contributed by atoms with Gasteiger partial charge in [0.05, 0.1) is 16.0 Å². The fourth-order valence-corrected chi connectivity index (χ4v) is 4.89. The lowest BCUT2D eigenvalue weighted by Crippen LogP contribution is -2.47. The molecule has 1 heterocycles. The Morgan fingerprint density at radius 3 is 2.68 bits per heavy atom. The van der Waals surface area contributed by atoms with Gasteiger partial charge < -0.3 is 10.2 Å². The molecule has 148 valence electrons. The van der Waals surface area contributed by atoms with E-state index in [4.69, 9.17) is 23.2 Å². The predicted octanol–water partition coefficient (Wildman–Crippen LogP) is 5.64. The van der Waals surface area contributed by atoms with Gasteiger partial charge in [-0.2, -0.15) is 0 Å². The van der Waals surface area contributed by atoms with Crippen LogP contribution in [-0.4, -0.2) is 29.9 Å². The predicted molar refractivity (Wildman–Crippen MR) is 118 cm³/mol. The number of halogens is 3. The summed E-state index contributed by atoms with van der Waals surface area (Å²) in [5.41, 5.74) is 2.14. The van der Waals surface area contributed by atoms with Crippen LogP contribution in [0.25, 0.3) is 0 Å². The normalized spacial score (nSPS) is 22.1. The zero-order valence-corrected chi connectivity index (χ0v) is 18.6. The number of benzene rings is 2. The molecule has 1 aliphatic carbocycles. The monoisotopic (exact) mass is 480 g/mol. The van der Waals surface area contributed by atoms with E-state index in [1.807, 2.05) is 29.2 Å². The van der Waals surface area contributed by atoms with Crippen LogP contribution in [0.4, 0.5) is 0 Å². The van der Waals surface area contributed by atoms with E-state index in [1.54, 1.807) is 6.07 Å². The van der Waals surface area contributed by atoms with Crippen molar-refractivity contribution in [2.24, 2.45) is 5.92 Å². The highest BCUT2D eigenvalue weighted by Crippen LogP contribution is 2.37. The summed E-state index contributed by atoms with van der Waals surface area (Å²) in [6.45, 7) is 2.16. The molecule has 0 aromatic heterocycles. The minimum absolute atomic E-state index is 0.0680. The third kappa shape index (κ3) is 4.40. The number of carbonyl (C=O) groups excluding carboxylic acids is 1. The molecular formula is C22H23BrCl2N2O. The van der Waals surface area contributed by atoms with Gasteiger partial charge in [-0.15, -0.1) is 0 Å². The van der Waals surface area contributed by atoms with Crippen molar-refractivity contribution < 1.29 is 4.79 Å². The fourth-order valence-electron chi connectivity index (χ4n) is 4.09. The van der Waals surface area contributed by atoms with Crippen LogP contribution in [0, 0.1) is 5.92 Å². The highest BCUT2D eigenvalue weighted by molar-refractivity contribution is 9.10. The van der Waals surface area contributed by atoms with Gasteiger partial charge >= 0.3 is 0 Å². The first-order chi connectivity index (χ1) is 13.5. The molecule has 2 aromatic rings. The van der Waals surface area contributed by atoms with E-state index in [0.29, 0.717) is 29.2 Å². The molecule has 0 bridgehead atoms. The minimum Gasteiger partial charge on any atom is -0.335 e. The molecular weight excluding hydrogens is 459 g/mol. The van der Waals surface area contributed by atoms with Crippen molar-refractivity contribution in [3.05, 3.63) is 68.1 Å². The van der Waals surface area contributed by atoms with E-state index in [2.05, 4.69) is 33.4 Å². The largest absolute Gasteiger partial charge is 0.335 e. The van der Waals surface area contributed by atoms with Crippen molar-refractivity contribution in [1.82, 2.24) is 10.2 Å². The van der Waals surface area contributed by atoms with E-state index >= 15 is 0 Å². The first-order valence-corrected chi connectivity index (χ1v) is 11.3. The van der Waals surface area contributed by atoms with Crippen molar-refractivity contribution >= 4 is 45.0 Å². The lowest BCUT2D eigenvalue weighted by atomic mass is 9.80. The molecule has 1 saturated heterocycles. The van der Waals surface area contributed by atoms with Crippen molar-refractivity contribution in [1.29, 1.82) is 0 Å². The number of carbonyl (C=O) groups is 1. The van der Waals surface area contributed by atoms with Gasteiger partial charge in [0.1, 0.15) is 0 Å². The van der Waals surface area contributed by atoms with Crippen LogP contribution in [0.2, 0.25) is 10.0 Å². The lowest BCUT2D eigenvalue weighted by Gasteiger charge is -2.36. The molecule has 3 nitrogen and oxygen atoms in total. The average molecular weight is 482 g/mol. The van der Waals surface area contributed by atoms with Crippen molar-refractivity contribution in [2.75, 3.05) is 13.1 Å². The molecule has 2 fully saturated rings. The summed E-state index contributed by atoms with van der Waals surface area (Å²) in [5, 5.41) is 4.51. The number of rotatable bonds is 5. The Labute approximate surface area is 184 Å². The quantitative estimate of drug-likeness (QED) is 0.599. The number of amides is 1. The molecule has 4 rings (SSSR count). The Bertz CT molecular complexity index is 871. The number of hydrogen-bond acceptors (Lipinski definition) is 2. The second-order valence-corrected chi connectivity index (χ2v) is 9.37. The molecule has 1 saturated carbocycles. The third-order valence-corrected chi connectivity index (χ3v) is 7.07. The van der Waals surface area contributed by atoms with Crippen LogP contribution in [0.3, 0.4) is 0 Å². The Hall–Kier alpha value is -1.07. The van der Waals surface area contributed by atoms with Gasteiger partial charge in [0.25, 0.3) is 0 Å². The Morgan fingerprint density at radius 1 is 1.14 bits per heavy atom. The molecule has 0 spiro atoms. The van der Waals surface area contributed by atoms with E-state index < -0.39 is 0 Å². The van der Waals surface area contributed by atoms with Crippen LogP contribution in [0.5, 0.6) is 0 Å². The summed E-state index contributed by atoms with van der Waals surface area (Å²) >= 11 is 16.2. The molecule has 2 atom stereocenters. The van der Waals surface area contributed by atoms with E-state index in [0.717, 1.165) is 35.8 Å². The van der Waals surface area contributed by atoms with Crippen molar-refractivity contribution in [3.63, 3.8) is 0 Å². The van der Waals surface area contributed by atoms with Gasteiger partial charge in [0, 0.05) is 23.6 Å². The van der Waals surface area contributed by atoms with Crippen LogP contribution < -0.4 is 5.32 Å². The van der Waals surface area contributed by atoms with Gasteiger partial charge in [0.2, 0.25) is 5.91 Å². The number of hydrogen-bond donors (Lipinski definition) is 1. The summed E-state index contributed by atoms with van der Waals surface area (Å²) in [5.74, 6) is 0.375. The molecule has 1 amide bonds. The average Bonchev–Trinajstić information content (AvgIpc) is 3.54. The highest BCUT2D eigenvalue weighted by atomic mass is 79.9. The first kappa shape index (κ1) is 20.2. The maximum Gasteiger partial charge on any atom is 0.228 e. The van der Waals surface area contributed by atoms with Crippen LogP contribution >= 0.6 is 39.1 Å². The summed E-state index contributed by atoms with van der Waals surface area (Å²) in [4.78, 5) is 15.7. The second-order valence-electron chi connectivity index (χ2n) is 7.67. The van der Waals surface area contributed by atoms with Gasteiger partial charge in [-0.1, -0.05) is 63.4 Å². The number of piperidine rings is 1. The van der Waals surface area contributed by atoms with Gasteiger partial charge in [-0.25, -0.2) is 0 Å². The molecule has 0 unspecified atom stereocenters. The summed E-state index contributed by atoms with van der Waals surface area (Å²) in [6.07, 6.45) is 3.08. The zero-order valence-electron chi connectivity index (χ0n) is 15.5. The molecule has 0 radical (unpaired) electrons. The lowest BCUT2D eigenvalue weighted by molar-refractivity contribution is -0.138. The topological polar surface area (TPSA) is 32.3 Å². The van der Waals surface area contributed by atoms with Crippen molar-refractivity contribution in [3.8, 4) is 0 Å².